The molecule has 0 aliphatic carbocycles. The first-order valence-electron chi connectivity index (χ1n) is 8.91. The summed E-state index contributed by atoms with van der Waals surface area (Å²) in [5.74, 6) is 0. The number of hydrogen-bond donors (Lipinski definition) is 0. The van der Waals surface area contributed by atoms with Gasteiger partial charge < -0.3 is 0 Å². The van der Waals surface area contributed by atoms with E-state index in [-0.39, 0.29) is 0 Å². The monoisotopic (exact) mass is 329 g/mol. The van der Waals surface area contributed by atoms with Crippen molar-refractivity contribution in [3.63, 3.8) is 0 Å². The van der Waals surface area contributed by atoms with Crippen molar-refractivity contribution in [2.24, 2.45) is 0 Å². The molecule has 0 saturated heterocycles. The summed E-state index contributed by atoms with van der Waals surface area (Å²) in [5.41, 5.74) is 2.26. The van der Waals surface area contributed by atoms with E-state index in [0.29, 0.717) is 0 Å². The number of hydrogen-bond acceptors (Lipinski definition) is 1. The molecule has 1 heterocycles. The van der Waals surface area contributed by atoms with Crippen LogP contribution in [0.2, 0.25) is 0 Å². The van der Waals surface area contributed by atoms with Crippen LogP contribution in [0.4, 0.5) is 0 Å². The van der Waals surface area contributed by atoms with E-state index < -0.39 is 0 Å². The molecule has 0 atom stereocenters. The SMILES string of the molecule is c1ccc2c(-c3ccc4ccc5cccc6ccc3c4c56)nccc2c1. The van der Waals surface area contributed by atoms with Crippen LogP contribution in [0.25, 0.3) is 54.3 Å². The van der Waals surface area contributed by atoms with Crippen molar-refractivity contribution in [2.75, 3.05) is 0 Å². The lowest BCUT2D eigenvalue weighted by Gasteiger charge is -2.14. The summed E-state index contributed by atoms with van der Waals surface area (Å²) in [5, 5.41) is 10.3. The minimum absolute atomic E-state index is 1.06. The molecule has 5 aromatic carbocycles. The zero-order valence-electron chi connectivity index (χ0n) is 14.1. The molecule has 6 rings (SSSR count). The van der Waals surface area contributed by atoms with E-state index in [1.165, 1.54) is 48.7 Å². The highest BCUT2D eigenvalue weighted by Gasteiger charge is 2.13. The average Bonchev–Trinajstić information content (AvgIpc) is 2.71. The number of fused-ring (bicyclic) bond motifs is 1. The van der Waals surface area contributed by atoms with Gasteiger partial charge in [-0.05, 0) is 43.8 Å². The zero-order chi connectivity index (χ0) is 17.1. The van der Waals surface area contributed by atoms with Gasteiger partial charge in [-0.15, -0.1) is 0 Å². The lowest BCUT2D eigenvalue weighted by atomic mass is 9.90. The van der Waals surface area contributed by atoms with Crippen molar-refractivity contribution < 1.29 is 0 Å². The molecule has 1 aromatic heterocycles. The van der Waals surface area contributed by atoms with Gasteiger partial charge in [0.05, 0.1) is 5.69 Å². The summed E-state index contributed by atoms with van der Waals surface area (Å²) in [6.07, 6.45) is 1.91. The van der Waals surface area contributed by atoms with Gasteiger partial charge in [-0.1, -0.05) is 78.9 Å². The standard InChI is InChI=1S/C25H15N/c1-2-7-20-16(4-1)14-15-26-25(20)22-13-11-19-9-8-17-5-3-6-18-10-12-21(22)24(19)23(17)18/h1-15H. The molecule has 1 nitrogen and oxygen atoms in total. The van der Waals surface area contributed by atoms with Crippen molar-refractivity contribution >= 4 is 43.1 Å². The van der Waals surface area contributed by atoms with Crippen molar-refractivity contribution in [3.8, 4) is 11.3 Å². The van der Waals surface area contributed by atoms with Crippen molar-refractivity contribution in [3.05, 3.63) is 91.1 Å². The number of benzene rings is 5. The smallest absolute Gasteiger partial charge is 0.0786 e. The molecule has 0 fully saturated rings. The number of rotatable bonds is 1. The van der Waals surface area contributed by atoms with E-state index >= 15 is 0 Å². The molecule has 0 aliphatic heterocycles. The molecule has 0 radical (unpaired) electrons. The first-order valence-corrected chi connectivity index (χ1v) is 8.91. The average molecular weight is 329 g/mol. The second-order valence-corrected chi connectivity index (χ2v) is 6.85. The van der Waals surface area contributed by atoms with Gasteiger partial charge in [-0.3, -0.25) is 4.98 Å². The van der Waals surface area contributed by atoms with E-state index in [2.05, 4.69) is 84.9 Å². The van der Waals surface area contributed by atoms with Gasteiger partial charge in [-0.25, -0.2) is 0 Å². The fourth-order valence-electron chi connectivity index (χ4n) is 4.28. The Balaban J connectivity index is 1.82. The van der Waals surface area contributed by atoms with E-state index in [9.17, 15) is 0 Å². The first-order chi connectivity index (χ1) is 12.9. The topological polar surface area (TPSA) is 12.9 Å². The highest BCUT2D eigenvalue weighted by molar-refractivity contribution is 6.25. The fraction of sp³-hybridized carbons (Fsp3) is 0. The van der Waals surface area contributed by atoms with E-state index in [4.69, 9.17) is 4.98 Å². The molecular weight excluding hydrogens is 314 g/mol. The zero-order valence-corrected chi connectivity index (χ0v) is 14.1. The quantitative estimate of drug-likeness (QED) is 0.302. The third kappa shape index (κ3) is 1.77. The summed E-state index contributed by atoms with van der Waals surface area (Å²) in [6, 6.07) is 30.5. The molecule has 0 saturated carbocycles. The molecule has 0 aliphatic rings. The molecular formula is C25H15N. The Bertz CT molecular complexity index is 1410. The minimum atomic E-state index is 1.06. The third-order valence-corrected chi connectivity index (χ3v) is 5.46. The van der Waals surface area contributed by atoms with Gasteiger partial charge in [-0.2, -0.15) is 0 Å². The van der Waals surface area contributed by atoms with E-state index in [1.54, 1.807) is 0 Å². The van der Waals surface area contributed by atoms with Crippen LogP contribution >= 0.6 is 0 Å². The van der Waals surface area contributed by atoms with Gasteiger partial charge in [0, 0.05) is 17.1 Å². The number of nitrogens with zero attached hydrogens (tertiary/aromatic N) is 1. The van der Waals surface area contributed by atoms with Gasteiger partial charge in [0.15, 0.2) is 0 Å². The highest BCUT2D eigenvalue weighted by Crippen LogP contribution is 2.40. The fourth-order valence-corrected chi connectivity index (χ4v) is 4.28. The molecule has 6 aromatic rings. The Kier molecular flexibility index (Phi) is 2.67. The Morgan fingerprint density at radius 3 is 2.04 bits per heavy atom. The summed E-state index contributed by atoms with van der Waals surface area (Å²) in [6.45, 7) is 0. The van der Waals surface area contributed by atoms with Crippen molar-refractivity contribution in [1.29, 1.82) is 0 Å². The van der Waals surface area contributed by atoms with Crippen LogP contribution in [0, 0.1) is 0 Å². The maximum absolute atomic E-state index is 4.76. The van der Waals surface area contributed by atoms with Crippen LogP contribution in [-0.2, 0) is 0 Å². The number of pyridine rings is 1. The summed E-state index contributed by atoms with van der Waals surface area (Å²) in [4.78, 5) is 4.76. The lowest BCUT2D eigenvalue weighted by Crippen LogP contribution is -1.90. The molecule has 0 spiro atoms. The van der Waals surface area contributed by atoms with Crippen LogP contribution < -0.4 is 0 Å². The third-order valence-electron chi connectivity index (χ3n) is 5.46. The van der Waals surface area contributed by atoms with Crippen LogP contribution in [0.5, 0.6) is 0 Å². The highest BCUT2D eigenvalue weighted by atomic mass is 14.7. The Morgan fingerprint density at radius 2 is 1.15 bits per heavy atom. The van der Waals surface area contributed by atoms with Crippen LogP contribution in [-0.4, -0.2) is 4.98 Å². The second kappa shape index (κ2) is 5.03. The van der Waals surface area contributed by atoms with E-state index in [1.807, 2.05) is 6.20 Å². The predicted molar refractivity (Wildman–Crippen MR) is 111 cm³/mol. The first kappa shape index (κ1) is 13.8. The van der Waals surface area contributed by atoms with Crippen molar-refractivity contribution in [1.82, 2.24) is 4.98 Å². The summed E-state index contributed by atoms with van der Waals surface area (Å²) < 4.78 is 0. The van der Waals surface area contributed by atoms with Gasteiger partial charge >= 0.3 is 0 Å². The van der Waals surface area contributed by atoms with Gasteiger partial charge in [0.1, 0.15) is 0 Å². The summed E-state index contributed by atoms with van der Waals surface area (Å²) in [7, 11) is 0. The Hall–Kier alpha value is -3.45. The van der Waals surface area contributed by atoms with Crippen LogP contribution in [0.15, 0.2) is 91.1 Å². The molecule has 1 heteroatoms. The molecule has 26 heavy (non-hydrogen) atoms. The number of aromatic nitrogens is 1. The summed E-state index contributed by atoms with van der Waals surface area (Å²) >= 11 is 0. The molecule has 0 N–H and O–H groups in total. The molecule has 120 valence electrons. The maximum atomic E-state index is 4.76. The molecule has 0 bridgehead atoms. The minimum Gasteiger partial charge on any atom is -0.256 e. The lowest BCUT2D eigenvalue weighted by molar-refractivity contribution is 1.36. The normalized spacial score (nSPS) is 11.8. The largest absolute Gasteiger partial charge is 0.256 e. The van der Waals surface area contributed by atoms with Gasteiger partial charge in [0.2, 0.25) is 0 Å². The second-order valence-electron chi connectivity index (χ2n) is 6.85. The molecule has 0 amide bonds. The Morgan fingerprint density at radius 1 is 0.462 bits per heavy atom. The Labute approximate surface area is 150 Å². The van der Waals surface area contributed by atoms with Crippen LogP contribution in [0.3, 0.4) is 0 Å². The van der Waals surface area contributed by atoms with E-state index in [0.717, 1.165) is 5.69 Å². The van der Waals surface area contributed by atoms with Crippen molar-refractivity contribution in [2.45, 2.75) is 0 Å². The predicted octanol–water partition coefficient (Wildman–Crippen LogP) is 6.80. The van der Waals surface area contributed by atoms with Crippen LogP contribution in [0.1, 0.15) is 0 Å². The molecule has 0 unspecified atom stereocenters. The maximum Gasteiger partial charge on any atom is 0.0786 e. The van der Waals surface area contributed by atoms with Gasteiger partial charge in [0.25, 0.3) is 0 Å².